The summed E-state index contributed by atoms with van der Waals surface area (Å²) in [5, 5.41) is 0. The normalized spacial score (nSPS) is 21.0. The van der Waals surface area contributed by atoms with Crippen LogP contribution in [0.15, 0.2) is 27.6 Å². The maximum Gasteiger partial charge on any atom is 0.242 e. The second-order valence-electron chi connectivity index (χ2n) is 5.04. The van der Waals surface area contributed by atoms with E-state index in [0.29, 0.717) is 4.47 Å². The van der Waals surface area contributed by atoms with E-state index in [-0.39, 0.29) is 16.6 Å². The zero-order valence-corrected chi connectivity index (χ0v) is 13.9. The molecule has 0 aromatic heterocycles. The van der Waals surface area contributed by atoms with Gasteiger partial charge in [0.05, 0.1) is 5.69 Å². The lowest BCUT2D eigenvalue weighted by Crippen LogP contribution is -2.47. The van der Waals surface area contributed by atoms with Crippen molar-refractivity contribution in [2.45, 2.75) is 30.7 Å². The van der Waals surface area contributed by atoms with Crippen molar-refractivity contribution in [2.75, 3.05) is 25.4 Å². The van der Waals surface area contributed by atoms with E-state index in [2.05, 4.69) is 32.5 Å². The first-order valence-electron chi connectivity index (χ1n) is 6.72. The minimum absolute atomic E-state index is 0.0490. The molecule has 1 unspecified atom stereocenters. The number of anilines is 1. The number of hydrogen-bond acceptors (Lipinski definition) is 4. The molecule has 1 heterocycles. The number of piperidine rings is 1. The maximum atomic E-state index is 12.4. The maximum absolute atomic E-state index is 12.4. The van der Waals surface area contributed by atoms with Gasteiger partial charge in [0.1, 0.15) is 4.90 Å². The molecule has 1 atom stereocenters. The fraction of sp³-hybridized carbons (Fsp3) is 0.538. The summed E-state index contributed by atoms with van der Waals surface area (Å²) in [6.45, 7) is 4.82. The zero-order chi connectivity index (χ0) is 14.8. The first-order chi connectivity index (χ1) is 9.42. The summed E-state index contributed by atoms with van der Waals surface area (Å²) in [4.78, 5) is 2.39. The fourth-order valence-corrected chi connectivity index (χ4v) is 4.39. The Balaban J connectivity index is 2.16. The third-order valence-corrected chi connectivity index (χ3v) is 5.61. The van der Waals surface area contributed by atoms with Gasteiger partial charge in [0.2, 0.25) is 10.0 Å². The highest BCUT2D eigenvalue weighted by atomic mass is 79.9. The molecule has 1 aliphatic heterocycles. The molecule has 0 aliphatic carbocycles. The molecule has 2 rings (SSSR count). The number of nitrogens with zero attached hydrogens (tertiary/aromatic N) is 1. The number of nitrogens with two attached hydrogens (primary N) is 1. The SMILES string of the molecule is CCN1CCCC(NS(=O)(=O)c2cc(Br)ccc2N)C1. The molecule has 1 aromatic rings. The van der Waals surface area contributed by atoms with Gasteiger partial charge in [0.15, 0.2) is 0 Å². The topological polar surface area (TPSA) is 75.4 Å². The Labute approximate surface area is 128 Å². The van der Waals surface area contributed by atoms with Crippen molar-refractivity contribution in [3.05, 3.63) is 22.7 Å². The lowest BCUT2D eigenvalue weighted by atomic mass is 10.1. The van der Waals surface area contributed by atoms with Gasteiger partial charge in [0.25, 0.3) is 0 Å². The van der Waals surface area contributed by atoms with Gasteiger partial charge in [-0.25, -0.2) is 13.1 Å². The summed E-state index contributed by atoms with van der Waals surface area (Å²) in [7, 11) is -3.58. The second-order valence-corrected chi connectivity index (χ2v) is 7.63. The average molecular weight is 362 g/mol. The number of likely N-dealkylation sites (tertiary alicyclic amines) is 1. The van der Waals surface area contributed by atoms with Crippen LogP contribution < -0.4 is 10.5 Å². The van der Waals surface area contributed by atoms with Gasteiger partial charge in [-0.15, -0.1) is 0 Å². The van der Waals surface area contributed by atoms with Crippen LogP contribution >= 0.6 is 15.9 Å². The van der Waals surface area contributed by atoms with Crippen molar-refractivity contribution in [1.29, 1.82) is 0 Å². The van der Waals surface area contributed by atoms with Gasteiger partial charge < -0.3 is 10.6 Å². The van der Waals surface area contributed by atoms with E-state index >= 15 is 0 Å². The van der Waals surface area contributed by atoms with Crippen molar-refractivity contribution >= 4 is 31.6 Å². The summed E-state index contributed by atoms with van der Waals surface area (Å²) in [5.41, 5.74) is 6.05. The van der Waals surface area contributed by atoms with Crippen LogP contribution in [-0.2, 0) is 10.0 Å². The van der Waals surface area contributed by atoms with E-state index in [9.17, 15) is 8.42 Å². The Morgan fingerprint density at radius 3 is 2.95 bits per heavy atom. The molecule has 1 aliphatic rings. The van der Waals surface area contributed by atoms with Gasteiger partial charge in [-0.05, 0) is 44.1 Å². The number of likely N-dealkylation sites (N-methyl/N-ethyl adjacent to an activating group) is 1. The molecule has 0 spiro atoms. The number of rotatable bonds is 4. The molecule has 0 saturated carbocycles. The molecule has 1 fully saturated rings. The third kappa shape index (κ3) is 3.72. The van der Waals surface area contributed by atoms with Crippen molar-refractivity contribution in [3.8, 4) is 0 Å². The Morgan fingerprint density at radius 2 is 2.25 bits per heavy atom. The number of sulfonamides is 1. The first-order valence-corrected chi connectivity index (χ1v) is 8.99. The van der Waals surface area contributed by atoms with Crippen molar-refractivity contribution in [3.63, 3.8) is 0 Å². The smallest absolute Gasteiger partial charge is 0.242 e. The average Bonchev–Trinajstić information content (AvgIpc) is 2.41. The van der Waals surface area contributed by atoms with E-state index in [4.69, 9.17) is 5.73 Å². The van der Waals surface area contributed by atoms with Crippen molar-refractivity contribution in [2.24, 2.45) is 0 Å². The summed E-state index contributed by atoms with van der Waals surface area (Å²) < 4.78 is 28.3. The van der Waals surface area contributed by atoms with E-state index in [1.807, 2.05) is 0 Å². The lowest BCUT2D eigenvalue weighted by molar-refractivity contribution is 0.211. The first kappa shape index (κ1) is 15.8. The summed E-state index contributed by atoms with van der Waals surface area (Å²) in [6, 6.07) is 4.82. The Morgan fingerprint density at radius 1 is 1.50 bits per heavy atom. The van der Waals surface area contributed by atoms with E-state index in [0.717, 1.165) is 32.5 Å². The molecular weight excluding hydrogens is 342 g/mol. The largest absolute Gasteiger partial charge is 0.398 e. The highest BCUT2D eigenvalue weighted by Gasteiger charge is 2.25. The van der Waals surface area contributed by atoms with E-state index < -0.39 is 10.0 Å². The summed E-state index contributed by atoms with van der Waals surface area (Å²) in [6.07, 6.45) is 1.87. The minimum atomic E-state index is -3.58. The number of hydrogen-bond donors (Lipinski definition) is 2. The molecule has 0 radical (unpaired) electrons. The van der Waals surface area contributed by atoms with Crippen molar-refractivity contribution < 1.29 is 8.42 Å². The van der Waals surface area contributed by atoms with Gasteiger partial charge >= 0.3 is 0 Å². The van der Waals surface area contributed by atoms with Crippen LogP contribution in [0.3, 0.4) is 0 Å². The molecule has 1 saturated heterocycles. The Kier molecular flexibility index (Phi) is 5.06. The zero-order valence-electron chi connectivity index (χ0n) is 11.5. The highest BCUT2D eigenvalue weighted by Crippen LogP contribution is 2.23. The second kappa shape index (κ2) is 6.43. The van der Waals surface area contributed by atoms with Crippen LogP contribution in [-0.4, -0.2) is 39.0 Å². The fourth-order valence-electron chi connectivity index (χ4n) is 2.46. The van der Waals surface area contributed by atoms with Crippen molar-refractivity contribution in [1.82, 2.24) is 9.62 Å². The standard InChI is InChI=1S/C13H20BrN3O2S/c1-2-17-7-3-4-11(9-17)16-20(18,19)13-8-10(14)5-6-12(13)15/h5-6,8,11,16H,2-4,7,9,15H2,1H3. The monoisotopic (exact) mass is 361 g/mol. The molecule has 0 amide bonds. The van der Waals surface area contributed by atoms with Gasteiger partial charge in [-0.2, -0.15) is 0 Å². The quantitative estimate of drug-likeness (QED) is 0.801. The molecule has 20 heavy (non-hydrogen) atoms. The molecule has 5 nitrogen and oxygen atoms in total. The Hall–Kier alpha value is -0.630. The molecule has 112 valence electrons. The molecule has 0 bridgehead atoms. The lowest BCUT2D eigenvalue weighted by Gasteiger charge is -2.32. The number of halogens is 1. The van der Waals surface area contributed by atoms with Gasteiger partial charge in [-0.1, -0.05) is 22.9 Å². The summed E-state index contributed by atoms with van der Waals surface area (Å²) in [5.74, 6) is 0. The number of nitrogens with one attached hydrogen (secondary N) is 1. The molecular formula is C13H20BrN3O2S. The molecule has 7 heteroatoms. The van der Waals surface area contributed by atoms with E-state index in [1.165, 1.54) is 6.07 Å². The van der Waals surface area contributed by atoms with Gasteiger partial charge in [0, 0.05) is 17.1 Å². The van der Waals surface area contributed by atoms with Crippen LogP contribution in [0.25, 0.3) is 0 Å². The van der Waals surface area contributed by atoms with Crippen LogP contribution in [0.5, 0.6) is 0 Å². The predicted molar refractivity (Wildman–Crippen MR) is 84.0 cm³/mol. The van der Waals surface area contributed by atoms with E-state index in [1.54, 1.807) is 12.1 Å². The highest BCUT2D eigenvalue weighted by molar-refractivity contribution is 9.10. The summed E-state index contributed by atoms with van der Waals surface area (Å²) >= 11 is 3.28. The van der Waals surface area contributed by atoms with Gasteiger partial charge in [-0.3, -0.25) is 0 Å². The van der Waals surface area contributed by atoms with Crippen LogP contribution in [0.1, 0.15) is 19.8 Å². The third-order valence-electron chi connectivity index (χ3n) is 3.54. The van der Waals surface area contributed by atoms with Crippen LogP contribution in [0.2, 0.25) is 0 Å². The Bertz CT molecular complexity index is 577. The number of benzene rings is 1. The predicted octanol–water partition coefficient (Wildman–Crippen LogP) is 1.79. The minimum Gasteiger partial charge on any atom is -0.398 e. The molecule has 3 N–H and O–H groups in total. The number of nitrogen functional groups attached to an aromatic ring is 1. The molecule has 1 aromatic carbocycles. The van der Waals surface area contributed by atoms with Crippen LogP contribution in [0.4, 0.5) is 5.69 Å². The van der Waals surface area contributed by atoms with Crippen LogP contribution in [0, 0.1) is 0 Å².